The Morgan fingerprint density at radius 3 is 2.48 bits per heavy atom. The van der Waals surface area contributed by atoms with E-state index >= 15 is 0 Å². The second-order valence-electron chi connectivity index (χ2n) is 7.37. The third kappa shape index (κ3) is 4.69. The molecule has 1 saturated heterocycles. The van der Waals surface area contributed by atoms with Crippen molar-refractivity contribution >= 4 is 28.5 Å². The first kappa shape index (κ1) is 21.4. The number of ether oxygens (including phenoxy) is 3. The lowest BCUT2D eigenvalue weighted by Gasteiger charge is -2.28. The summed E-state index contributed by atoms with van der Waals surface area (Å²) in [6.07, 6.45) is 0. The van der Waals surface area contributed by atoms with Crippen molar-refractivity contribution in [2.75, 3.05) is 31.2 Å². The molecule has 0 atom stereocenters. The lowest BCUT2D eigenvalue weighted by Crippen LogP contribution is -2.36. The van der Waals surface area contributed by atoms with Gasteiger partial charge in [-0.1, -0.05) is 17.7 Å². The predicted octanol–water partition coefficient (Wildman–Crippen LogP) is 5.10. The molecule has 4 aromatic rings. The number of halogens is 3. The van der Waals surface area contributed by atoms with E-state index in [0.29, 0.717) is 30.1 Å². The zero-order chi connectivity index (χ0) is 22.8. The third-order valence-electron chi connectivity index (χ3n) is 5.22. The summed E-state index contributed by atoms with van der Waals surface area (Å²) in [5.41, 5.74) is 1.71. The molecule has 170 valence electrons. The van der Waals surface area contributed by atoms with Crippen molar-refractivity contribution in [2.45, 2.75) is 6.61 Å². The molecule has 10 heteroatoms. The summed E-state index contributed by atoms with van der Waals surface area (Å²) in [7, 11) is 0. The molecule has 0 saturated carbocycles. The fourth-order valence-electron chi connectivity index (χ4n) is 3.50. The van der Waals surface area contributed by atoms with Gasteiger partial charge in [0, 0.05) is 18.8 Å². The molecule has 0 amide bonds. The number of nitrogens with zero attached hydrogens (tertiary/aromatic N) is 3. The van der Waals surface area contributed by atoms with Crippen molar-refractivity contribution in [3.8, 4) is 17.6 Å². The minimum Gasteiger partial charge on any atom is -0.471 e. The van der Waals surface area contributed by atoms with Crippen LogP contribution >= 0.6 is 11.6 Å². The normalized spacial score (nSPS) is 14.0. The number of imidazole rings is 1. The number of aromatic amines is 1. The Hall–Kier alpha value is -3.43. The number of fused-ring (bicyclic) bond motifs is 1. The molecular weight excluding hydrogens is 454 g/mol. The van der Waals surface area contributed by atoms with Crippen molar-refractivity contribution in [2.24, 2.45) is 0 Å². The largest absolute Gasteiger partial charge is 0.471 e. The van der Waals surface area contributed by atoms with E-state index in [-0.39, 0.29) is 29.1 Å². The number of aromatic nitrogens is 3. The minimum atomic E-state index is -0.706. The zero-order valence-electron chi connectivity index (χ0n) is 17.4. The van der Waals surface area contributed by atoms with Crippen molar-refractivity contribution in [1.29, 1.82) is 0 Å². The van der Waals surface area contributed by atoms with E-state index in [9.17, 15) is 8.78 Å². The second-order valence-corrected chi connectivity index (χ2v) is 7.78. The van der Waals surface area contributed by atoms with Gasteiger partial charge < -0.3 is 24.1 Å². The van der Waals surface area contributed by atoms with Gasteiger partial charge in [0.25, 0.3) is 0 Å². The number of morpholine rings is 1. The van der Waals surface area contributed by atoms with Crippen LogP contribution in [0.2, 0.25) is 5.02 Å². The molecule has 0 spiro atoms. The molecule has 33 heavy (non-hydrogen) atoms. The van der Waals surface area contributed by atoms with Crippen LogP contribution in [-0.4, -0.2) is 41.3 Å². The smallest absolute Gasteiger partial charge is 0.301 e. The minimum absolute atomic E-state index is 0.0136. The molecule has 3 heterocycles. The van der Waals surface area contributed by atoms with Gasteiger partial charge in [-0.3, -0.25) is 0 Å². The summed E-state index contributed by atoms with van der Waals surface area (Å²) in [4.78, 5) is 13.8. The van der Waals surface area contributed by atoms with Crippen molar-refractivity contribution in [3.05, 3.63) is 70.8 Å². The lowest BCUT2D eigenvalue weighted by molar-refractivity contribution is 0.122. The van der Waals surface area contributed by atoms with Gasteiger partial charge in [0.2, 0.25) is 5.88 Å². The van der Waals surface area contributed by atoms with E-state index < -0.39 is 11.6 Å². The molecule has 2 aromatic carbocycles. The Morgan fingerprint density at radius 2 is 1.76 bits per heavy atom. The van der Waals surface area contributed by atoms with Crippen LogP contribution in [-0.2, 0) is 11.3 Å². The van der Waals surface area contributed by atoms with Gasteiger partial charge in [-0.2, -0.15) is 9.97 Å². The molecular formula is C23H19ClF2N4O3. The van der Waals surface area contributed by atoms with Crippen molar-refractivity contribution in [1.82, 2.24) is 15.0 Å². The van der Waals surface area contributed by atoms with Gasteiger partial charge in [-0.25, -0.2) is 8.78 Å². The molecule has 0 aliphatic carbocycles. The molecule has 1 fully saturated rings. The highest BCUT2D eigenvalue weighted by atomic mass is 35.5. The second kappa shape index (κ2) is 9.21. The molecule has 0 radical (unpaired) electrons. The topological polar surface area (TPSA) is 72.5 Å². The predicted molar refractivity (Wildman–Crippen MR) is 119 cm³/mol. The zero-order valence-corrected chi connectivity index (χ0v) is 18.1. The van der Waals surface area contributed by atoms with E-state index in [4.69, 9.17) is 25.8 Å². The van der Waals surface area contributed by atoms with Crippen LogP contribution in [0.25, 0.3) is 11.2 Å². The molecule has 1 N–H and O–H groups in total. The van der Waals surface area contributed by atoms with Crippen LogP contribution in [0.3, 0.4) is 0 Å². The summed E-state index contributed by atoms with van der Waals surface area (Å²) in [6.45, 7) is 2.77. The molecule has 1 aliphatic heterocycles. The Labute approximate surface area is 192 Å². The maximum absolute atomic E-state index is 13.8. The number of anilines is 1. The first-order valence-electron chi connectivity index (χ1n) is 10.3. The Bertz CT molecular complexity index is 1260. The number of nitrogens with one attached hydrogen (secondary N) is 1. The highest BCUT2D eigenvalue weighted by molar-refractivity contribution is 6.32. The van der Waals surface area contributed by atoms with Crippen molar-refractivity contribution < 1.29 is 23.0 Å². The first-order chi connectivity index (χ1) is 16.1. The first-order valence-corrected chi connectivity index (χ1v) is 10.7. The van der Waals surface area contributed by atoms with E-state index in [1.807, 2.05) is 24.3 Å². The van der Waals surface area contributed by atoms with Crippen LogP contribution < -0.4 is 14.4 Å². The molecule has 2 aromatic heterocycles. The molecule has 5 rings (SSSR count). The van der Waals surface area contributed by atoms with E-state index in [0.717, 1.165) is 30.9 Å². The van der Waals surface area contributed by atoms with E-state index in [2.05, 4.69) is 19.9 Å². The maximum atomic E-state index is 13.8. The van der Waals surface area contributed by atoms with Gasteiger partial charge in [0.1, 0.15) is 29.0 Å². The highest BCUT2D eigenvalue weighted by Gasteiger charge is 2.15. The SMILES string of the molecule is Fc1cccc(F)c1COc1nc2nc(Oc3ccc(N4CCOCC4)cc3)[nH]c2cc1Cl. The van der Waals surface area contributed by atoms with Crippen LogP contribution in [0.1, 0.15) is 5.56 Å². The number of benzene rings is 2. The van der Waals surface area contributed by atoms with Crippen molar-refractivity contribution in [3.63, 3.8) is 0 Å². The Kier molecular flexibility index (Phi) is 5.97. The van der Waals surface area contributed by atoms with Gasteiger partial charge >= 0.3 is 6.01 Å². The van der Waals surface area contributed by atoms with Crippen LogP contribution in [0, 0.1) is 11.6 Å². The number of rotatable bonds is 6. The molecule has 0 bridgehead atoms. The standard InChI is InChI=1S/C23H19ClF2N4O3/c24-17-12-20-21(28-22(17)32-13-16-18(25)2-1-3-19(16)26)29-23(27-20)33-15-6-4-14(5-7-15)30-8-10-31-11-9-30/h1-7,12H,8-11,13H2,(H,27,28,29). The lowest BCUT2D eigenvalue weighted by atomic mass is 10.2. The third-order valence-corrected chi connectivity index (χ3v) is 5.49. The average Bonchev–Trinajstić information content (AvgIpc) is 3.20. The maximum Gasteiger partial charge on any atom is 0.301 e. The van der Waals surface area contributed by atoms with Gasteiger partial charge in [-0.05, 0) is 42.5 Å². The summed E-state index contributed by atoms with van der Waals surface area (Å²) >= 11 is 6.23. The number of hydrogen-bond acceptors (Lipinski definition) is 6. The van der Waals surface area contributed by atoms with Gasteiger partial charge in [-0.15, -0.1) is 0 Å². The van der Waals surface area contributed by atoms with Crippen LogP contribution in [0.5, 0.6) is 17.6 Å². The Balaban J connectivity index is 1.30. The summed E-state index contributed by atoms with van der Waals surface area (Å²) in [5, 5.41) is 0.171. The quantitative estimate of drug-likeness (QED) is 0.421. The number of hydrogen-bond donors (Lipinski definition) is 1. The molecule has 1 aliphatic rings. The fourth-order valence-corrected chi connectivity index (χ4v) is 3.70. The monoisotopic (exact) mass is 472 g/mol. The van der Waals surface area contributed by atoms with Crippen LogP contribution in [0.15, 0.2) is 48.5 Å². The number of H-pyrrole nitrogens is 1. The fraction of sp³-hybridized carbons (Fsp3) is 0.217. The molecule has 7 nitrogen and oxygen atoms in total. The highest BCUT2D eigenvalue weighted by Crippen LogP contribution is 2.30. The van der Waals surface area contributed by atoms with E-state index in [1.54, 1.807) is 6.07 Å². The number of pyridine rings is 1. The average molecular weight is 473 g/mol. The summed E-state index contributed by atoms with van der Waals surface area (Å²) in [5.74, 6) is -0.798. The Morgan fingerprint density at radius 1 is 1.03 bits per heavy atom. The van der Waals surface area contributed by atoms with Gasteiger partial charge in [0.15, 0.2) is 5.65 Å². The van der Waals surface area contributed by atoms with Crippen LogP contribution in [0.4, 0.5) is 14.5 Å². The van der Waals surface area contributed by atoms with Gasteiger partial charge in [0.05, 0.1) is 24.3 Å². The summed E-state index contributed by atoms with van der Waals surface area (Å²) < 4.78 is 44.3. The molecule has 0 unspecified atom stereocenters. The summed E-state index contributed by atoms with van der Waals surface area (Å²) in [6, 6.07) is 13.1. The van der Waals surface area contributed by atoms with E-state index in [1.165, 1.54) is 6.07 Å².